The van der Waals surface area contributed by atoms with E-state index in [0.29, 0.717) is 24.5 Å². The maximum absolute atomic E-state index is 10.9. The topological polar surface area (TPSA) is 77.3 Å². The smallest absolute Gasteiger partial charge is 0.277 e. The first kappa shape index (κ1) is 14.9. The van der Waals surface area contributed by atoms with Gasteiger partial charge in [-0.15, -0.1) is 0 Å². The fraction of sp³-hybridized carbons (Fsp3) is 0.267. The summed E-state index contributed by atoms with van der Waals surface area (Å²) in [7, 11) is 1.65. The molecule has 2 aromatic rings. The van der Waals surface area contributed by atoms with E-state index in [1.54, 1.807) is 14.0 Å². The molecule has 0 fully saturated rings. The van der Waals surface area contributed by atoms with E-state index in [9.17, 15) is 10.1 Å². The van der Waals surface area contributed by atoms with Crippen molar-refractivity contribution >= 4 is 11.5 Å². The highest BCUT2D eigenvalue weighted by molar-refractivity contribution is 5.49. The number of aromatic nitrogens is 1. The summed E-state index contributed by atoms with van der Waals surface area (Å²) in [6, 6.07) is 9.40. The molecule has 6 nitrogen and oxygen atoms in total. The highest BCUT2D eigenvalue weighted by atomic mass is 16.6. The van der Waals surface area contributed by atoms with E-state index in [4.69, 9.17) is 4.74 Å². The van der Waals surface area contributed by atoms with E-state index in [0.717, 1.165) is 11.1 Å². The van der Waals surface area contributed by atoms with Gasteiger partial charge >= 0.3 is 0 Å². The first-order valence-corrected chi connectivity index (χ1v) is 6.52. The van der Waals surface area contributed by atoms with Gasteiger partial charge in [-0.3, -0.25) is 10.1 Å². The first-order valence-electron chi connectivity index (χ1n) is 6.52. The van der Waals surface area contributed by atoms with Crippen LogP contribution in [0.4, 0.5) is 11.5 Å². The molecule has 0 unspecified atom stereocenters. The average molecular weight is 287 g/mol. The van der Waals surface area contributed by atoms with Crippen LogP contribution in [-0.2, 0) is 17.9 Å². The number of methoxy groups -OCH3 is 1. The Bertz CT molecular complexity index is 644. The number of benzene rings is 1. The summed E-state index contributed by atoms with van der Waals surface area (Å²) < 4.78 is 5.09. The molecule has 0 aliphatic carbocycles. The van der Waals surface area contributed by atoms with Crippen molar-refractivity contribution in [2.45, 2.75) is 20.1 Å². The van der Waals surface area contributed by atoms with Gasteiger partial charge in [0.2, 0.25) is 0 Å². The number of rotatable bonds is 6. The molecule has 0 atom stereocenters. The lowest BCUT2D eigenvalue weighted by molar-refractivity contribution is -0.385. The molecule has 1 N–H and O–H groups in total. The molecule has 0 spiro atoms. The van der Waals surface area contributed by atoms with Crippen molar-refractivity contribution in [1.29, 1.82) is 0 Å². The zero-order chi connectivity index (χ0) is 15.2. The van der Waals surface area contributed by atoms with E-state index in [-0.39, 0.29) is 5.69 Å². The van der Waals surface area contributed by atoms with Crippen LogP contribution in [0.3, 0.4) is 0 Å². The molecule has 6 heteroatoms. The van der Waals surface area contributed by atoms with Crippen LogP contribution >= 0.6 is 0 Å². The Balaban J connectivity index is 2.07. The van der Waals surface area contributed by atoms with Gasteiger partial charge in [0.15, 0.2) is 0 Å². The molecule has 1 heterocycles. The monoisotopic (exact) mass is 287 g/mol. The van der Waals surface area contributed by atoms with Crippen molar-refractivity contribution in [2.24, 2.45) is 0 Å². The summed E-state index contributed by atoms with van der Waals surface area (Å²) in [5.74, 6) is 0.490. The molecule has 0 radical (unpaired) electrons. The normalized spacial score (nSPS) is 10.4. The van der Waals surface area contributed by atoms with Crippen LogP contribution in [0, 0.1) is 17.0 Å². The minimum absolute atomic E-state index is 0.0700. The van der Waals surface area contributed by atoms with Gasteiger partial charge in [0.05, 0.1) is 17.6 Å². The van der Waals surface area contributed by atoms with E-state index in [2.05, 4.69) is 10.3 Å². The maximum Gasteiger partial charge on any atom is 0.277 e. The van der Waals surface area contributed by atoms with E-state index in [1.165, 1.54) is 12.3 Å². The largest absolute Gasteiger partial charge is 0.380 e. The van der Waals surface area contributed by atoms with Gasteiger partial charge in [0.25, 0.3) is 5.69 Å². The summed E-state index contributed by atoms with van der Waals surface area (Å²) >= 11 is 0. The highest BCUT2D eigenvalue weighted by Crippen LogP contribution is 2.20. The molecule has 0 aliphatic rings. The first-order chi connectivity index (χ1) is 10.1. The van der Waals surface area contributed by atoms with Gasteiger partial charge in [-0.2, -0.15) is 0 Å². The van der Waals surface area contributed by atoms with Crippen LogP contribution < -0.4 is 5.32 Å². The molecule has 1 aromatic heterocycles. The SMILES string of the molecule is COCc1cccc(CNc2cc([N+](=O)[O-])c(C)cn2)c1. The van der Waals surface area contributed by atoms with Crippen molar-refractivity contribution in [1.82, 2.24) is 4.98 Å². The molecule has 0 bridgehead atoms. The predicted octanol–water partition coefficient (Wildman–Crippen LogP) is 3.06. The Labute approximate surface area is 122 Å². The minimum atomic E-state index is -0.401. The van der Waals surface area contributed by atoms with Gasteiger partial charge in [0.1, 0.15) is 5.82 Å². The van der Waals surface area contributed by atoms with Crippen molar-refractivity contribution < 1.29 is 9.66 Å². The van der Waals surface area contributed by atoms with Crippen LogP contribution in [0.15, 0.2) is 36.5 Å². The quantitative estimate of drug-likeness (QED) is 0.652. The number of anilines is 1. The van der Waals surface area contributed by atoms with E-state index in [1.807, 2.05) is 24.3 Å². The second kappa shape index (κ2) is 6.81. The molecule has 110 valence electrons. The van der Waals surface area contributed by atoms with Crippen LogP contribution in [0.25, 0.3) is 0 Å². The molecular formula is C15H17N3O3. The van der Waals surface area contributed by atoms with Crippen molar-refractivity contribution in [3.8, 4) is 0 Å². The Hall–Kier alpha value is -2.47. The Morgan fingerprint density at radius 3 is 2.81 bits per heavy atom. The third-order valence-electron chi connectivity index (χ3n) is 3.05. The average Bonchev–Trinajstić information content (AvgIpc) is 2.47. The lowest BCUT2D eigenvalue weighted by Crippen LogP contribution is -2.03. The van der Waals surface area contributed by atoms with Crippen molar-refractivity contribution in [3.63, 3.8) is 0 Å². The number of hydrogen-bond acceptors (Lipinski definition) is 5. The summed E-state index contributed by atoms with van der Waals surface area (Å²) in [5, 5.41) is 14.0. The minimum Gasteiger partial charge on any atom is -0.380 e. The Morgan fingerprint density at radius 1 is 1.33 bits per heavy atom. The lowest BCUT2D eigenvalue weighted by Gasteiger charge is -2.08. The standard InChI is InChI=1S/C15H17N3O3/c1-11-8-16-15(7-14(11)18(19)20)17-9-12-4-3-5-13(6-12)10-21-2/h3-8H,9-10H2,1-2H3,(H,16,17). The summed E-state index contributed by atoms with van der Waals surface area (Å²) in [4.78, 5) is 14.7. The van der Waals surface area contributed by atoms with Gasteiger partial charge in [0, 0.05) is 25.4 Å². The van der Waals surface area contributed by atoms with Crippen LogP contribution in [-0.4, -0.2) is 17.0 Å². The number of nitro groups is 1. The van der Waals surface area contributed by atoms with Gasteiger partial charge in [-0.05, 0) is 18.1 Å². The zero-order valence-corrected chi connectivity index (χ0v) is 12.0. The molecule has 0 aliphatic heterocycles. The predicted molar refractivity (Wildman–Crippen MR) is 80.1 cm³/mol. The van der Waals surface area contributed by atoms with Gasteiger partial charge in [-0.25, -0.2) is 4.98 Å². The van der Waals surface area contributed by atoms with E-state index < -0.39 is 4.92 Å². The summed E-state index contributed by atoms with van der Waals surface area (Å²) in [6.07, 6.45) is 1.50. The number of nitrogens with zero attached hydrogens (tertiary/aromatic N) is 2. The molecule has 0 amide bonds. The van der Waals surface area contributed by atoms with Crippen LogP contribution in [0.5, 0.6) is 0 Å². The lowest BCUT2D eigenvalue weighted by atomic mass is 10.1. The summed E-state index contributed by atoms with van der Waals surface area (Å²) in [5.41, 5.74) is 2.77. The third kappa shape index (κ3) is 4.00. The Morgan fingerprint density at radius 2 is 2.10 bits per heavy atom. The molecule has 2 rings (SSSR count). The van der Waals surface area contributed by atoms with Crippen LogP contribution in [0.1, 0.15) is 16.7 Å². The van der Waals surface area contributed by atoms with Gasteiger partial charge < -0.3 is 10.1 Å². The van der Waals surface area contributed by atoms with Crippen molar-refractivity contribution in [2.75, 3.05) is 12.4 Å². The fourth-order valence-corrected chi connectivity index (χ4v) is 2.00. The molecule has 21 heavy (non-hydrogen) atoms. The van der Waals surface area contributed by atoms with E-state index >= 15 is 0 Å². The Kier molecular flexibility index (Phi) is 4.84. The highest BCUT2D eigenvalue weighted by Gasteiger charge is 2.11. The number of nitrogens with one attached hydrogen (secondary N) is 1. The molecule has 1 aromatic carbocycles. The number of pyridine rings is 1. The summed E-state index contributed by atoms with van der Waals surface area (Å²) in [6.45, 7) is 2.77. The number of aryl methyl sites for hydroxylation is 1. The number of ether oxygens (including phenoxy) is 1. The maximum atomic E-state index is 10.9. The fourth-order valence-electron chi connectivity index (χ4n) is 2.00. The second-order valence-electron chi connectivity index (χ2n) is 4.72. The molecular weight excluding hydrogens is 270 g/mol. The van der Waals surface area contributed by atoms with Crippen molar-refractivity contribution in [3.05, 3.63) is 63.3 Å². The third-order valence-corrected chi connectivity index (χ3v) is 3.05. The second-order valence-corrected chi connectivity index (χ2v) is 4.72. The van der Waals surface area contributed by atoms with Crippen LogP contribution in [0.2, 0.25) is 0 Å². The molecule has 0 saturated heterocycles. The molecule has 0 saturated carbocycles. The van der Waals surface area contributed by atoms with Gasteiger partial charge in [-0.1, -0.05) is 24.3 Å². The number of hydrogen-bond donors (Lipinski definition) is 1. The zero-order valence-electron chi connectivity index (χ0n) is 12.0.